The van der Waals surface area contributed by atoms with E-state index in [0.717, 1.165) is 6.42 Å². The lowest BCUT2D eigenvalue weighted by molar-refractivity contribution is -0.0659. The van der Waals surface area contributed by atoms with Crippen molar-refractivity contribution in [3.8, 4) is 0 Å². The van der Waals surface area contributed by atoms with Crippen LogP contribution in [0.25, 0.3) is 5.57 Å². The van der Waals surface area contributed by atoms with Gasteiger partial charge in [-0.05, 0) is 84.3 Å². The Hall–Kier alpha value is -1.41. The molecule has 138 valence electrons. The Morgan fingerprint density at radius 2 is 2.00 bits per heavy atom. The van der Waals surface area contributed by atoms with Gasteiger partial charge in [0, 0.05) is 12.4 Å². The van der Waals surface area contributed by atoms with Crippen molar-refractivity contribution in [3.63, 3.8) is 0 Å². The van der Waals surface area contributed by atoms with Crippen LogP contribution in [0.1, 0.15) is 64.4 Å². The Bertz CT molecular complexity index is 766. The molecule has 0 aromatic carbocycles. The van der Waals surface area contributed by atoms with E-state index in [9.17, 15) is 5.11 Å². The second-order valence-corrected chi connectivity index (χ2v) is 9.65. The molecule has 26 heavy (non-hydrogen) atoms. The summed E-state index contributed by atoms with van der Waals surface area (Å²) in [6, 6.07) is 4.25. The Labute approximate surface area is 157 Å². The second-order valence-electron chi connectivity index (χ2n) is 9.65. The maximum Gasteiger partial charge on any atom is 0.0757 e. The largest absolute Gasteiger partial charge is 0.389 e. The molecule has 2 nitrogen and oxygen atoms in total. The lowest BCUT2D eigenvalue weighted by Gasteiger charge is -2.58. The number of aliphatic hydroxyl groups is 1. The molecule has 6 atom stereocenters. The summed E-state index contributed by atoms with van der Waals surface area (Å²) < 4.78 is 0. The van der Waals surface area contributed by atoms with Crippen molar-refractivity contribution in [2.45, 2.75) is 64.9 Å². The summed E-state index contributed by atoms with van der Waals surface area (Å²) >= 11 is 0. The van der Waals surface area contributed by atoms with Gasteiger partial charge in [-0.25, -0.2) is 0 Å². The van der Waals surface area contributed by atoms with Gasteiger partial charge in [0.25, 0.3) is 0 Å². The number of hydrogen-bond donors (Lipinski definition) is 1. The first-order valence-corrected chi connectivity index (χ1v) is 10.5. The van der Waals surface area contributed by atoms with E-state index in [-0.39, 0.29) is 11.5 Å². The lowest BCUT2D eigenvalue weighted by atomic mass is 9.47. The molecule has 4 aliphatic carbocycles. The maximum atomic E-state index is 11.2. The molecule has 2 fully saturated rings. The van der Waals surface area contributed by atoms with Gasteiger partial charge < -0.3 is 5.11 Å². The molecule has 1 N–H and O–H groups in total. The molecule has 0 bridgehead atoms. The van der Waals surface area contributed by atoms with Crippen LogP contribution in [-0.4, -0.2) is 16.2 Å². The highest BCUT2D eigenvalue weighted by molar-refractivity contribution is 5.72. The fourth-order valence-electron chi connectivity index (χ4n) is 7.23. The maximum absolute atomic E-state index is 11.2. The standard InChI is InChI=1S/C24H31NO/c1-23-11-4-3-7-17(23)14-21(26)22-19-9-8-18(16-6-5-13-25-15-16)24(19,2)12-10-20(22)23/h5-6,8,13-15,19-22,26H,3-4,7,9-12H2,1-2H3/t19-,20-,21-,22-,23-,24+/m0/s1. The molecule has 0 amide bonds. The van der Waals surface area contributed by atoms with Gasteiger partial charge in [-0.2, -0.15) is 0 Å². The van der Waals surface area contributed by atoms with Gasteiger partial charge in [0.05, 0.1) is 6.10 Å². The molecule has 0 radical (unpaired) electrons. The Balaban J connectivity index is 1.53. The molecule has 0 spiro atoms. The molecule has 2 heteroatoms. The topological polar surface area (TPSA) is 33.1 Å². The molecular formula is C24H31NO. The number of aliphatic hydroxyl groups excluding tert-OH is 1. The van der Waals surface area contributed by atoms with Gasteiger partial charge in [0.15, 0.2) is 0 Å². The van der Waals surface area contributed by atoms with Crippen molar-refractivity contribution in [2.24, 2.45) is 28.6 Å². The van der Waals surface area contributed by atoms with E-state index in [0.29, 0.717) is 23.2 Å². The Kier molecular flexibility index (Phi) is 3.73. The van der Waals surface area contributed by atoms with Crippen molar-refractivity contribution in [1.29, 1.82) is 0 Å². The van der Waals surface area contributed by atoms with Gasteiger partial charge in [-0.15, -0.1) is 0 Å². The number of nitrogens with zero attached hydrogens (tertiary/aromatic N) is 1. The summed E-state index contributed by atoms with van der Waals surface area (Å²) in [4.78, 5) is 4.36. The van der Waals surface area contributed by atoms with Crippen LogP contribution in [0.2, 0.25) is 0 Å². The van der Waals surface area contributed by atoms with E-state index < -0.39 is 0 Å². The monoisotopic (exact) mass is 349 g/mol. The molecule has 1 aromatic rings. The number of allylic oxidation sites excluding steroid dienone is 3. The van der Waals surface area contributed by atoms with Gasteiger partial charge in [0.2, 0.25) is 0 Å². The van der Waals surface area contributed by atoms with Gasteiger partial charge in [-0.1, -0.05) is 44.1 Å². The first kappa shape index (κ1) is 16.7. The van der Waals surface area contributed by atoms with E-state index >= 15 is 0 Å². The average Bonchev–Trinajstić information content (AvgIpc) is 3.00. The van der Waals surface area contributed by atoms with Crippen molar-refractivity contribution < 1.29 is 5.11 Å². The third kappa shape index (κ3) is 2.17. The van der Waals surface area contributed by atoms with Crippen molar-refractivity contribution >= 4 is 5.57 Å². The van der Waals surface area contributed by atoms with Crippen LogP contribution in [0.5, 0.6) is 0 Å². The SMILES string of the molecule is C[C@]12CCCCC1=C[C@H](O)[C@@H]1[C@@H]2CC[C@]2(C)C(c3cccnc3)=CC[C@@H]12. The highest BCUT2D eigenvalue weighted by Crippen LogP contribution is 2.66. The Morgan fingerprint density at radius 1 is 1.12 bits per heavy atom. The number of pyridine rings is 1. The predicted octanol–water partition coefficient (Wildman–Crippen LogP) is 5.40. The molecule has 0 unspecified atom stereocenters. The molecule has 4 aliphatic rings. The van der Waals surface area contributed by atoms with E-state index in [1.54, 1.807) is 5.57 Å². The molecule has 5 rings (SSSR count). The molecule has 2 saturated carbocycles. The zero-order valence-corrected chi connectivity index (χ0v) is 16.1. The first-order valence-electron chi connectivity index (χ1n) is 10.5. The highest BCUT2D eigenvalue weighted by Gasteiger charge is 2.58. The Morgan fingerprint density at radius 3 is 2.81 bits per heavy atom. The van der Waals surface area contributed by atoms with E-state index in [1.807, 2.05) is 18.5 Å². The quantitative estimate of drug-likeness (QED) is 0.689. The third-order valence-electron chi connectivity index (χ3n) is 8.60. The first-order chi connectivity index (χ1) is 12.5. The fourth-order valence-corrected chi connectivity index (χ4v) is 7.23. The summed E-state index contributed by atoms with van der Waals surface area (Å²) in [5.41, 5.74) is 4.84. The molecule has 1 heterocycles. The molecule has 0 aliphatic heterocycles. The molecule has 1 aromatic heterocycles. The van der Waals surface area contributed by atoms with Crippen LogP contribution in [0.15, 0.2) is 42.3 Å². The van der Waals surface area contributed by atoms with Crippen LogP contribution < -0.4 is 0 Å². The van der Waals surface area contributed by atoms with Crippen LogP contribution in [-0.2, 0) is 0 Å². The molecule has 0 saturated heterocycles. The number of rotatable bonds is 1. The van der Waals surface area contributed by atoms with E-state index in [4.69, 9.17) is 0 Å². The minimum Gasteiger partial charge on any atom is -0.389 e. The summed E-state index contributed by atoms with van der Waals surface area (Å²) in [6.45, 7) is 4.96. The van der Waals surface area contributed by atoms with Crippen LogP contribution in [0, 0.1) is 28.6 Å². The van der Waals surface area contributed by atoms with Gasteiger partial charge >= 0.3 is 0 Å². The van der Waals surface area contributed by atoms with Crippen LogP contribution in [0.4, 0.5) is 0 Å². The van der Waals surface area contributed by atoms with Crippen molar-refractivity contribution in [1.82, 2.24) is 4.98 Å². The normalized spacial score (nSPS) is 44.4. The van der Waals surface area contributed by atoms with Gasteiger partial charge in [-0.3, -0.25) is 4.98 Å². The van der Waals surface area contributed by atoms with Crippen molar-refractivity contribution in [3.05, 3.63) is 47.8 Å². The minimum atomic E-state index is -0.257. The van der Waals surface area contributed by atoms with Gasteiger partial charge in [0.1, 0.15) is 0 Å². The third-order valence-corrected chi connectivity index (χ3v) is 8.60. The van der Waals surface area contributed by atoms with Crippen LogP contribution in [0.3, 0.4) is 0 Å². The zero-order chi connectivity index (χ0) is 17.9. The number of aromatic nitrogens is 1. The smallest absolute Gasteiger partial charge is 0.0757 e. The second kappa shape index (κ2) is 5.79. The van der Waals surface area contributed by atoms with E-state index in [2.05, 4.69) is 37.0 Å². The predicted molar refractivity (Wildman–Crippen MR) is 105 cm³/mol. The lowest BCUT2D eigenvalue weighted by Crippen LogP contribution is -2.53. The summed E-state index contributed by atoms with van der Waals surface area (Å²) in [5, 5.41) is 11.2. The van der Waals surface area contributed by atoms with E-state index in [1.165, 1.54) is 49.7 Å². The summed E-state index contributed by atoms with van der Waals surface area (Å²) in [7, 11) is 0. The average molecular weight is 350 g/mol. The number of hydrogen-bond acceptors (Lipinski definition) is 2. The molecular weight excluding hydrogens is 318 g/mol. The van der Waals surface area contributed by atoms with Crippen molar-refractivity contribution in [2.75, 3.05) is 0 Å². The summed E-state index contributed by atoms with van der Waals surface area (Å²) in [5.74, 6) is 1.62. The highest BCUT2D eigenvalue weighted by atomic mass is 16.3. The van der Waals surface area contributed by atoms with Crippen LogP contribution >= 0.6 is 0 Å². The fraction of sp³-hybridized carbons (Fsp3) is 0.625. The zero-order valence-electron chi connectivity index (χ0n) is 16.1. The minimum absolute atomic E-state index is 0.182. The summed E-state index contributed by atoms with van der Waals surface area (Å²) in [6.07, 6.45) is 17.1. The number of fused-ring (bicyclic) bond motifs is 5.